The lowest BCUT2D eigenvalue weighted by molar-refractivity contribution is -0.144. The standard InChI is InChI=1S/C37H64N8O18/c46-28(18-42(22-32(52)53)14-10-40(20-30(48)49)12-16-44(24-34(56)57)25-35(58)59)38-8-6-4-2-1-3-5-7-9-39-29(47)19-43(23-33(54)55)15-11-41(21-31(50)51)13-17-45(26-36(60)61)27-37(62)63/h1-27H2,(H,38,46)(H,39,47)(H,48,49)(H,50,51)(H,52,53)(H,54,55)(H,56,57)(H,58,59)(H,60,61)(H,62,63). The predicted octanol–water partition coefficient (Wildman–Crippen LogP) is -3.56. The summed E-state index contributed by atoms with van der Waals surface area (Å²) in [6, 6.07) is 0. The highest BCUT2D eigenvalue weighted by Crippen LogP contribution is 2.07. The van der Waals surface area contributed by atoms with E-state index in [4.69, 9.17) is 20.4 Å². The Morgan fingerprint density at radius 1 is 0.254 bits per heavy atom. The van der Waals surface area contributed by atoms with E-state index in [0.717, 1.165) is 41.9 Å². The number of nitrogens with one attached hydrogen (secondary N) is 2. The molecule has 26 heteroatoms. The van der Waals surface area contributed by atoms with Gasteiger partial charge in [-0.1, -0.05) is 32.1 Å². The van der Waals surface area contributed by atoms with Gasteiger partial charge in [-0.2, -0.15) is 0 Å². The lowest BCUT2D eigenvalue weighted by Gasteiger charge is -2.27. The topological polar surface area (TPSA) is 376 Å². The highest BCUT2D eigenvalue weighted by Gasteiger charge is 2.21. The van der Waals surface area contributed by atoms with Crippen molar-refractivity contribution in [3.05, 3.63) is 0 Å². The Morgan fingerprint density at radius 2 is 0.429 bits per heavy atom. The first-order chi connectivity index (χ1) is 29.6. The van der Waals surface area contributed by atoms with Crippen LogP contribution in [0.25, 0.3) is 0 Å². The van der Waals surface area contributed by atoms with Crippen LogP contribution in [0, 0.1) is 0 Å². The van der Waals surface area contributed by atoms with E-state index in [-0.39, 0.29) is 65.4 Å². The summed E-state index contributed by atoms with van der Waals surface area (Å²) in [5, 5.41) is 78.9. The summed E-state index contributed by atoms with van der Waals surface area (Å²) >= 11 is 0. The molecule has 0 saturated heterocycles. The molecule has 2 amide bonds. The summed E-state index contributed by atoms with van der Waals surface area (Å²) < 4.78 is 0. The lowest BCUT2D eigenvalue weighted by Crippen LogP contribution is -2.46. The van der Waals surface area contributed by atoms with Crippen molar-refractivity contribution in [2.45, 2.75) is 44.9 Å². The molecule has 0 atom stereocenters. The van der Waals surface area contributed by atoms with E-state index in [1.54, 1.807) is 0 Å². The molecule has 0 aliphatic heterocycles. The third kappa shape index (κ3) is 35.7. The summed E-state index contributed by atoms with van der Waals surface area (Å²) in [5.41, 5.74) is 0. The molecule has 0 saturated carbocycles. The van der Waals surface area contributed by atoms with Gasteiger partial charge in [-0.05, 0) is 12.8 Å². The average molecular weight is 909 g/mol. The van der Waals surface area contributed by atoms with E-state index in [1.807, 2.05) is 0 Å². The van der Waals surface area contributed by atoms with Gasteiger partial charge in [0.1, 0.15) is 0 Å². The fraction of sp³-hybridized carbons (Fsp3) is 0.730. The minimum atomic E-state index is -1.26. The first-order valence-corrected chi connectivity index (χ1v) is 20.3. The predicted molar refractivity (Wildman–Crippen MR) is 218 cm³/mol. The number of rotatable bonds is 42. The minimum absolute atomic E-state index is 0.00821. The lowest BCUT2D eigenvalue weighted by atomic mass is 10.1. The Labute approximate surface area is 364 Å². The molecule has 0 bridgehead atoms. The van der Waals surface area contributed by atoms with Crippen LogP contribution in [-0.2, 0) is 47.9 Å². The normalized spacial score (nSPS) is 11.4. The molecule has 0 spiro atoms. The molecule has 63 heavy (non-hydrogen) atoms. The number of amides is 2. The van der Waals surface area contributed by atoms with Crippen LogP contribution in [0.4, 0.5) is 0 Å². The Kier molecular flexibility index (Phi) is 31.0. The summed E-state index contributed by atoms with van der Waals surface area (Å²) in [6.07, 6.45) is 5.53. The van der Waals surface area contributed by atoms with Gasteiger partial charge in [0.15, 0.2) is 0 Å². The number of unbranched alkanes of at least 4 members (excludes halogenated alkanes) is 6. The first kappa shape index (κ1) is 57.5. The maximum atomic E-state index is 12.6. The average Bonchev–Trinajstić information content (AvgIpc) is 3.13. The van der Waals surface area contributed by atoms with Crippen molar-refractivity contribution in [2.75, 3.05) is 131 Å². The summed E-state index contributed by atoms with van der Waals surface area (Å²) in [6.45, 7) is -4.30. The monoisotopic (exact) mass is 908 g/mol. The van der Waals surface area contributed by atoms with Crippen LogP contribution < -0.4 is 10.6 Å². The van der Waals surface area contributed by atoms with Crippen LogP contribution in [0.1, 0.15) is 44.9 Å². The Hall–Kier alpha value is -5.54. The molecule has 0 aliphatic rings. The van der Waals surface area contributed by atoms with Gasteiger partial charge in [0.05, 0.1) is 65.4 Å². The van der Waals surface area contributed by atoms with Crippen LogP contribution >= 0.6 is 0 Å². The Bertz CT molecular complexity index is 1350. The third-order valence-corrected chi connectivity index (χ3v) is 9.03. The zero-order chi connectivity index (χ0) is 47.7. The van der Waals surface area contributed by atoms with E-state index >= 15 is 0 Å². The van der Waals surface area contributed by atoms with E-state index in [2.05, 4.69) is 10.6 Å². The number of carbonyl (C=O) groups excluding carboxylic acids is 2. The van der Waals surface area contributed by atoms with E-state index < -0.39 is 112 Å². The van der Waals surface area contributed by atoms with Crippen LogP contribution in [0.2, 0.25) is 0 Å². The molecule has 0 fully saturated rings. The van der Waals surface area contributed by atoms with Crippen molar-refractivity contribution in [2.24, 2.45) is 0 Å². The fourth-order valence-corrected chi connectivity index (χ4v) is 6.17. The number of hydrogen-bond acceptors (Lipinski definition) is 16. The molecule has 0 rings (SSSR count). The van der Waals surface area contributed by atoms with Gasteiger partial charge in [0.25, 0.3) is 0 Å². The molecule has 0 radical (unpaired) electrons. The van der Waals surface area contributed by atoms with Crippen LogP contribution in [-0.4, -0.2) is 261 Å². The van der Waals surface area contributed by atoms with Crippen molar-refractivity contribution in [3.63, 3.8) is 0 Å². The van der Waals surface area contributed by atoms with Crippen molar-refractivity contribution < 1.29 is 88.8 Å². The van der Waals surface area contributed by atoms with Crippen LogP contribution in [0.5, 0.6) is 0 Å². The number of carboxylic acids is 8. The van der Waals surface area contributed by atoms with Gasteiger partial charge in [-0.25, -0.2) is 0 Å². The van der Waals surface area contributed by atoms with Crippen molar-refractivity contribution >= 4 is 59.6 Å². The maximum absolute atomic E-state index is 12.6. The van der Waals surface area contributed by atoms with Crippen molar-refractivity contribution in [3.8, 4) is 0 Å². The van der Waals surface area contributed by atoms with Gasteiger partial charge < -0.3 is 51.5 Å². The number of carboxylic acid groups (broad SMARTS) is 8. The second-order valence-corrected chi connectivity index (χ2v) is 14.7. The quantitative estimate of drug-likeness (QED) is 0.0265. The van der Waals surface area contributed by atoms with E-state index in [1.165, 1.54) is 19.6 Å². The number of hydrogen-bond donors (Lipinski definition) is 10. The molecule has 360 valence electrons. The van der Waals surface area contributed by atoms with Crippen molar-refractivity contribution in [1.29, 1.82) is 0 Å². The SMILES string of the molecule is O=C(O)CN(CCN(CC(=O)O)CC(=O)O)CCN(CC(=O)O)CC(=O)NCCCCCCCCCNC(=O)CN(CCN(CCN(CC(=O)O)CC(=O)O)CC(=O)O)CC(=O)O. The molecule has 0 aromatic rings. The van der Waals surface area contributed by atoms with Crippen molar-refractivity contribution in [1.82, 2.24) is 40.0 Å². The Balaban J connectivity index is 4.61. The molecular weight excluding hydrogens is 844 g/mol. The summed E-state index contributed by atoms with van der Waals surface area (Å²) in [4.78, 5) is 123. The fourth-order valence-electron chi connectivity index (χ4n) is 6.17. The summed E-state index contributed by atoms with van der Waals surface area (Å²) in [5.74, 6) is -10.7. The highest BCUT2D eigenvalue weighted by atomic mass is 16.4. The number of nitrogens with zero attached hydrogens (tertiary/aromatic N) is 6. The van der Waals surface area contributed by atoms with Gasteiger partial charge >= 0.3 is 47.8 Å². The van der Waals surface area contributed by atoms with Crippen LogP contribution in [0.15, 0.2) is 0 Å². The van der Waals surface area contributed by atoms with E-state index in [0.29, 0.717) is 25.9 Å². The van der Waals surface area contributed by atoms with E-state index in [9.17, 15) is 68.4 Å². The Morgan fingerprint density at radius 3 is 0.651 bits per heavy atom. The number of aliphatic carboxylic acids is 8. The third-order valence-electron chi connectivity index (χ3n) is 9.03. The maximum Gasteiger partial charge on any atom is 0.317 e. The zero-order valence-corrected chi connectivity index (χ0v) is 35.4. The van der Waals surface area contributed by atoms with Gasteiger partial charge in [0, 0.05) is 65.4 Å². The van der Waals surface area contributed by atoms with Gasteiger partial charge in [-0.15, -0.1) is 0 Å². The first-order valence-electron chi connectivity index (χ1n) is 20.3. The molecule has 26 nitrogen and oxygen atoms in total. The molecule has 0 unspecified atom stereocenters. The smallest absolute Gasteiger partial charge is 0.317 e. The second kappa shape index (κ2) is 34.0. The highest BCUT2D eigenvalue weighted by molar-refractivity contribution is 5.79. The molecule has 10 N–H and O–H groups in total. The largest absolute Gasteiger partial charge is 0.480 e. The zero-order valence-electron chi connectivity index (χ0n) is 35.4. The summed E-state index contributed by atoms with van der Waals surface area (Å²) in [7, 11) is 0. The molecule has 0 heterocycles. The number of carbonyl (C=O) groups is 10. The minimum Gasteiger partial charge on any atom is -0.480 e. The molecule has 0 aliphatic carbocycles. The van der Waals surface area contributed by atoms with Gasteiger partial charge in [0.2, 0.25) is 11.8 Å². The molecular formula is C37H64N8O18. The van der Waals surface area contributed by atoms with Gasteiger partial charge in [-0.3, -0.25) is 77.3 Å². The molecule has 0 aromatic carbocycles. The molecule has 0 aromatic heterocycles. The van der Waals surface area contributed by atoms with Crippen LogP contribution in [0.3, 0.4) is 0 Å². The second-order valence-electron chi connectivity index (χ2n) is 14.7.